The Kier molecular flexibility index (Phi) is 4.01. The number of amides is 3. The highest BCUT2D eigenvalue weighted by Gasteiger charge is 2.07. The largest absolute Gasteiger partial charge is 0.376 e. The van der Waals surface area contributed by atoms with Gasteiger partial charge in [0.2, 0.25) is 5.91 Å². The number of primary amides is 1. The van der Waals surface area contributed by atoms with E-state index in [0.29, 0.717) is 0 Å². The van der Waals surface area contributed by atoms with Crippen molar-refractivity contribution in [1.82, 2.24) is 5.32 Å². The molecule has 3 amide bonds. The number of nitrogens with one attached hydrogen (secondary N) is 2. The van der Waals surface area contributed by atoms with E-state index in [4.69, 9.17) is 5.73 Å². The highest BCUT2D eigenvalue weighted by Crippen LogP contribution is 2.29. The molecule has 0 saturated heterocycles. The van der Waals surface area contributed by atoms with Gasteiger partial charge in [-0.15, -0.1) is 0 Å². The molecule has 5 nitrogen and oxygen atoms in total. The van der Waals surface area contributed by atoms with Crippen LogP contribution in [0.25, 0.3) is 10.8 Å². The second-order valence-corrected chi connectivity index (χ2v) is 4.76. The van der Waals surface area contributed by atoms with Crippen molar-refractivity contribution in [3.8, 4) is 0 Å². The van der Waals surface area contributed by atoms with Crippen LogP contribution in [0.15, 0.2) is 40.9 Å². The van der Waals surface area contributed by atoms with Crippen molar-refractivity contribution in [3.63, 3.8) is 0 Å². The fourth-order valence-electron chi connectivity index (χ4n) is 1.77. The fourth-order valence-corrected chi connectivity index (χ4v) is 2.25. The third-order valence-electron chi connectivity index (χ3n) is 2.57. The number of benzene rings is 2. The minimum atomic E-state index is -0.854. The molecule has 6 heteroatoms. The Labute approximate surface area is 118 Å². The molecule has 0 aliphatic rings. The van der Waals surface area contributed by atoms with E-state index in [0.717, 1.165) is 20.9 Å². The molecule has 0 aromatic heterocycles. The highest BCUT2D eigenvalue weighted by atomic mass is 79.9. The van der Waals surface area contributed by atoms with Gasteiger partial charge < -0.3 is 11.1 Å². The number of nitrogens with two attached hydrogens (primary N) is 1. The Bertz CT molecular complexity index is 643. The Morgan fingerprint density at radius 2 is 1.79 bits per heavy atom. The van der Waals surface area contributed by atoms with E-state index in [-0.39, 0.29) is 6.54 Å². The van der Waals surface area contributed by atoms with Crippen molar-refractivity contribution in [2.75, 3.05) is 11.9 Å². The van der Waals surface area contributed by atoms with Crippen molar-refractivity contribution in [3.05, 3.63) is 40.9 Å². The summed E-state index contributed by atoms with van der Waals surface area (Å²) in [4.78, 5) is 21.9. The SMILES string of the molecule is NC(=O)NC(=O)CNc1ccc(Br)c2ccccc12. The van der Waals surface area contributed by atoms with Gasteiger partial charge in [0.1, 0.15) is 0 Å². The molecular weight excluding hydrogens is 310 g/mol. The number of hydrogen-bond acceptors (Lipinski definition) is 3. The Hall–Kier alpha value is -2.08. The lowest BCUT2D eigenvalue weighted by atomic mass is 10.1. The normalized spacial score (nSPS) is 10.2. The number of urea groups is 1. The number of carbonyl (C=O) groups excluding carboxylic acids is 2. The van der Waals surface area contributed by atoms with Crippen LogP contribution in [0.5, 0.6) is 0 Å². The molecule has 0 aliphatic heterocycles. The fraction of sp³-hybridized carbons (Fsp3) is 0.0769. The first-order valence-corrected chi connectivity index (χ1v) is 6.37. The quantitative estimate of drug-likeness (QED) is 0.810. The van der Waals surface area contributed by atoms with E-state index >= 15 is 0 Å². The van der Waals surface area contributed by atoms with Crippen molar-refractivity contribution in [2.45, 2.75) is 0 Å². The second-order valence-electron chi connectivity index (χ2n) is 3.91. The van der Waals surface area contributed by atoms with E-state index in [1.807, 2.05) is 41.7 Å². The van der Waals surface area contributed by atoms with Gasteiger partial charge in [-0.25, -0.2) is 4.79 Å². The summed E-state index contributed by atoms with van der Waals surface area (Å²) in [5.74, 6) is -0.473. The van der Waals surface area contributed by atoms with Crippen molar-refractivity contribution < 1.29 is 9.59 Å². The molecule has 0 spiro atoms. The van der Waals surface area contributed by atoms with E-state index in [1.165, 1.54) is 0 Å². The minimum Gasteiger partial charge on any atom is -0.376 e. The molecule has 0 atom stereocenters. The van der Waals surface area contributed by atoms with Gasteiger partial charge in [-0.05, 0) is 17.5 Å². The van der Waals surface area contributed by atoms with Gasteiger partial charge in [0.05, 0.1) is 6.54 Å². The van der Waals surface area contributed by atoms with Crippen molar-refractivity contribution in [1.29, 1.82) is 0 Å². The summed E-state index contributed by atoms with van der Waals surface area (Å²) in [5.41, 5.74) is 5.69. The number of imide groups is 1. The first kappa shape index (κ1) is 13.4. The summed E-state index contributed by atoms with van der Waals surface area (Å²) in [7, 11) is 0. The monoisotopic (exact) mass is 321 g/mol. The molecule has 0 aliphatic carbocycles. The van der Waals surface area contributed by atoms with Crippen LogP contribution in [-0.2, 0) is 4.79 Å². The van der Waals surface area contributed by atoms with Crippen molar-refractivity contribution >= 4 is 44.3 Å². The number of carbonyl (C=O) groups is 2. The number of fused-ring (bicyclic) bond motifs is 1. The third-order valence-corrected chi connectivity index (χ3v) is 3.26. The summed E-state index contributed by atoms with van der Waals surface area (Å²) in [5, 5.41) is 7.01. The second kappa shape index (κ2) is 5.71. The van der Waals surface area contributed by atoms with Gasteiger partial charge >= 0.3 is 6.03 Å². The number of hydrogen-bond donors (Lipinski definition) is 3. The summed E-state index contributed by atoms with van der Waals surface area (Å²) in [6.07, 6.45) is 0. The molecule has 0 bridgehead atoms. The molecule has 0 fully saturated rings. The Morgan fingerprint density at radius 1 is 1.11 bits per heavy atom. The van der Waals surface area contributed by atoms with E-state index in [1.54, 1.807) is 0 Å². The molecule has 0 heterocycles. The number of anilines is 1. The van der Waals surface area contributed by atoms with Crippen LogP contribution < -0.4 is 16.4 Å². The molecule has 2 rings (SSSR count). The molecule has 19 heavy (non-hydrogen) atoms. The van der Waals surface area contributed by atoms with Gasteiger partial charge in [0.25, 0.3) is 0 Å². The summed E-state index contributed by atoms with van der Waals surface area (Å²) in [6.45, 7) is -0.0193. The lowest BCUT2D eigenvalue weighted by molar-refractivity contribution is -0.118. The van der Waals surface area contributed by atoms with E-state index in [2.05, 4.69) is 21.2 Å². The zero-order valence-electron chi connectivity index (χ0n) is 9.94. The van der Waals surface area contributed by atoms with Gasteiger partial charge in [0, 0.05) is 15.5 Å². The van der Waals surface area contributed by atoms with Crippen LogP contribution in [0.3, 0.4) is 0 Å². The first-order chi connectivity index (χ1) is 9.08. The van der Waals surface area contributed by atoms with Gasteiger partial charge in [0.15, 0.2) is 0 Å². The van der Waals surface area contributed by atoms with Gasteiger partial charge in [-0.3, -0.25) is 10.1 Å². The van der Waals surface area contributed by atoms with Crippen LogP contribution in [-0.4, -0.2) is 18.5 Å². The Morgan fingerprint density at radius 3 is 2.47 bits per heavy atom. The number of rotatable bonds is 3. The molecule has 2 aromatic rings. The maximum atomic E-state index is 11.3. The molecule has 0 saturated carbocycles. The zero-order valence-corrected chi connectivity index (χ0v) is 11.5. The summed E-state index contributed by atoms with van der Waals surface area (Å²) >= 11 is 3.48. The summed E-state index contributed by atoms with van der Waals surface area (Å²) in [6, 6.07) is 10.7. The van der Waals surface area contributed by atoms with Gasteiger partial charge in [-0.1, -0.05) is 40.2 Å². The van der Waals surface area contributed by atoms with Crippen LogP contribution in [0.4, 0.5) is 10.5 Å². The average molecular weight is 322 g/mol. The van der Waals surface area contributed by atoms with Crippen LogP contribution in [0.1, 0.15) is 0 Å². The maximum Gasteiger partial charge on any atom is 0.318 e. The third kappa shape index (κ3) is 3.23. The van der Waals surface area contributed by atoms with Crippen LogP contribution in [0.2, 0.25) is 0 Å². The van der Waals surface area contributed by atoms with Crippen LogP contribution >= 0.6 is 15.9 Å². The maximum absolute atomic E-state index is 11.3. The molecule has 4 N–H and O–H groups in total. The molecule has 2 aromatic carbocycles. The Balaban J connectivity index is 2.20. The van der Waals surface area contributed by atoms with Crippen molar-refractivity contribution in [2.24, 2.45) is 5.73 Å². The number of halogens is 1. The standard InChI is InChI=1S/C13H12BrN3O2/c14-10-5-6-11(9-4-2-1-3-8(9)10)16-7-12(18)17-13(15)19/h1-6,16H,7H2,(H3,15,17,18,19). The first-order valence-electron chi connectivity index (χ1n) is 5.58. The molecule has 0 radical (unpaired) electrons. The van der Waals surface area contributed by atoms with Crippen LogP contribution in [0, 0.1) is 0 Å². The molecular formula is C13H12BrN3O2. The van der Waals surface area contributed by atoms with E-state index in [9.17, 15) is 9.59 Å². The predicted octanol–water partition coefficient (Wildman–Crippen LogP) is 2.21. The van der Waals surface area contributed by atoms with E-state index < -0.39 is 11.9 Å². The molecule has 0 unspecified atom stereocenters. The smallest absolute Gasteiger partial charge is 0.318 e. The lowest BCUT2D eigenvalue weighted by Gasteiger charge is -2.10. The van der Waals surface area contributed by atoms with Gasteiger partial charge in [-0.2, -0.15) is 0 Å². The highest BCUT2D eigenvalue weighted by molar-refractivity contribution is 9.10. The lowest BCUT2D eigenvalue weighted by Crippen LogP contribution is -2.38. The summed E-state index contributed by atoms with van der Waals surface area (Å²) < 4.78 is 0.982. The minimum absolute atomic E-state index is 0.0193. The zero-order chi connectivity index (χ0) is 13.8. The molecule has 98 valence electrons. The predicted molar refractivity (Wildman–Crippen MR) is 77.9 cm³/mol. The topological polar surface area (TPSA) is 84.2 Å². The average Bonchev–Trinajstić information content (AvgIpc) is 2.37.